The molecule has 0 spiro atoms. The fourth-order valence-corrected chi connectivity index (χ4v) is 2.06. The fourth-order valence-electron chi connectivity index (χ4n) is 2.06. The Hall–Kier alpha value is -2.90. The Kier molecular flexibility index (Phi) is 4.95. The molecule has 0 bridgehead atoms. The Morgan fingerprint density at radius 2 is 2.00 bits per heavy atom. The van der Waals surface area contributed by atoms with Gasteiger partial charge in [0, 0.05) is 13.0 Å². The molecule has 1 N–H and O–H groups in total. The summed E-state index contributed by atoms with van der Waals surface area (Å²) in [4.78, 5) is 23.5. The summed E-state index contributed by atoms with van der Waals surface area (Å²) in [5, 5.41) is 10.3. The smallest absolute Gasteiger partial charge is 0.246 e. The lowest BCUT2D eigenvalue weighted by atomic mass is 10.2. The normalized spacial score (nSPS) is 10.3. The first-order chi connectivity index (χ1) is 11.0. The van der Waals surface area contributed by atoms with Crippen LogP contribution in [0.25, 0.3) is 0 Å². The van der Waals surface area contributed by atoms with Crippen molar-refractivity contribution >= 4 is 17.4 Å². The molecule has 2 rings (SSSR count). The maximum Gasteiger partial charge on any atom is 0.246 e. The van der Waals surface area contributed by atoms with Crippen LogP contribution < -0.4 is 14.8 Å². The number of Topliss-reactive ketones (excluding diaryl/α,β-unsaturated/α-hetero) is 1. The summed E-state index contributed by atoms with van der Waals surface area (Å²) in [5.74, 6) is 0.609. The average Bonchev–Trinajstić information content (AvgIpc) is 2.88. The Labute approximate surface area is 133 Å². The molecule has 0 fully saturated rings. The molecule has 23 heavy (non-hydrogen) atoms. The van der Waals surface area contributed by atoms with E-state index in [0.29, 0.717) is 22.9 Å². The molecule has 0 atom stereocenters. The van der Waals surface area contributed by atoms with Crippen molar-refractivity contribution in [1.29, 1.82) is 0 Å². The molecule has 2 aromatic rings. The minimum absolute atomic E-state index is 0.0543. The monoisotopic (exact) mass is 318 g/mol. The number of ether oxygens (including phenoxy) is 2. The van der Waals surface area contributed by atoms with E-state index < -0.39 is 0 Å². The van der Waals surface area contributed by atoms with E-state index in [1.54, 1.807) is 32.2 Å². The minimum atomic E-state index is -0.309. The van der Waals surface area contributed by atoms with Crippen LogP contribution in [0.5, 0.6) is 11.5 Å². The molecule has 8 nitrogen and oxygen atoms in total. The second kappa shape index (κ2) is 6.91. The van der Waals surface area contributed by atoms with Crippen molar-refractivity contribution in [2.24, 2.45) is 0 Å². The van der Waals surface area contributed by atoms with E-state index >= 15 is 0 Å². The van der Waals surface area contributed by atoms with Crippen LogP contribution in [0.15, 0.2) is 18.2 Å². The molecule has 8 heteroatoms. The van der Waals surface area contributed by atoms with Crippen LogP contribution in [0, 0.1) is 6.92 Å². The standard InChI is InChI=1S/C15H18N4O4/c1-9-15(10(2)20)17-18-19(9)8-14(21)16-12-6-5-11(22-3)7-13(12)23-4/h5-7H,8H2,1-4H3,(H,16,21). The molecule has 0 radical (unpaired) electrons. The Morgan fingerprint density at radius 3 is 2.57 bits per heavy atom. The maximum atomic E-state index is 12.2. The number of anilines is 1. The van der Waals surface area contributed by atoms with Crippen LogP contribution in [-0.4, -0.2) is 40.9 Å². The molecular formula is C15H18N4O4. The summed E-state index contributed by atoms with van der Waals surface area (Å²) in [6, 6.07) is 5.07. The van der Waals surface area contributed by atoms with Gasteiger partial charge in [-0.25, -0.2) is 4.68 Å². The van der Waals surface area contributed by atoms with Gasteiger partial charge in [0.05, 0.1) is 25.6 Å². The number of carbonyl (C=O) groups is 2. The lowest BCUT2D eigenvalue weighted by Crippen LogP contribution is -2.20. The number of ketones is 1. The van der Waals surface area contributed by atoms with E-state index in [1.807, 2.05) is 0 Å². The van der Waals surface area contributed by atoms with Gasteiger partial charge in [-0.1, -0.05) is 5.21 Å². The number of amides is 1. The van der Waals surface area contributed by atoms with E-state index in [1.165, 1.54) is 18.7 Å². The zero-order valence-corrected chi connectivity index (χ0v) is 13.4. The molecule has 0 aliphatic rings. The van der Waals surface area contributed by atoms with Crippen LogP contribution in [0.2, 0.25) is 0 Å². The van der Waals surface area contributed by atoms with E-state index in [0.717, 1.165) is 0 Å². The highest BCUT2D eigenvalue weighted by Gasteiger charge is 2.15. The van der Waals surface area contributed by atoms with Crippen LogP contribution in [0.3, 0.4) is 0 Å². The zero-order chi connectivity index (χ0) is 17.0. The first-order valence-corrected chi connectivity index (χ1v) is 6.89. The maximum absolute atomic E-state index is 12.2. The van der Waals surface area contributed by atoms with E-state index in [4.69, 9.17) is 9.47 Å². The van der Waals surface area contributed by atoms with Crippen molar-refractivity contribution in [3.63, 3.8) is 0 Å². The first-order valence-electron chi connectivity index (χ1n) is 6.89. The highest BCUT2D eigenvalue weighted by atomic mass is 16.5. The van der Waals surface area contributed by atoms with Gasteiger partial charge in [0.15, 0.2) is 11.5 Å². The number of benzene rings is 1. The lowest BCUT2D eigenvalue weighted by molar-refractivity contribution is -0.117. The molecule has 0 saturated carbocycles. The summed E-state index contributed by atoms with van der Waals surface area (Å²) in [7, 11) is 3.05. The fraction of sp³-hybridized carbons (Fsp3) is 0.333. The molecule has 1 amide bonds. The number of carbonyl (C=O) groups excluding carboxylic acids is 2. The van der Waals surface area contributed by atoms with Gasteiger partial charge in [0.2, 0.25) is 5.91 Å². The SMILES string of the molecule is COc1ccc(NC(=O)Cn2nnc(C(C)=O)c2C)c(OC)c1. The van der Waals surface area contributed by atoms with Crippen molar-refractivity contribution in [2.75, 3.05) is 19.5 Å². The van der Waals surface area contributed by atoms with E-state index in [-0.39, 0.29) is 23.9 Å². The summed E-state index contributed by atoms with van der Waals surface area (Å²) < 4.78 is 11.7. The number of nitrogens with zero attached hydrogens (tertiary/aromatic N) is 3. The van der Waals surface area contributed by atoms with Gasteiger partial charge < -0.3 is 14.8 Å². The molecule has 1 aromatic heterocycles. The number of hydrogen-bond acceptors (Lipinski definition) is 6. The van der Waals surface area contributed by atoms with E-state index in [2.05, 4.69) is 15.6 Å². The predicted octanol–water partition coefficient (Wildman–Crippen LogP) is 1.45. The van der Waals surface area contributed by atoms with Crippen LogP contribution >= 0.6 is 0 Å². The third kappa shape index (κ3) is 3.65. The third-order valence-electron chi connectivity index (χ3n) is 3.29. The van der Waals surface area contributed by atoms with Gasteiger partial charge in [-0.05, 0) is 19.1 Å². The Morgan fingerprint density at radius 1 is 1.26 bits per heavy atom. The highest BCUT2D eigenvalue weighted by Crippen LogP contribution is 2.28. The molecule has 0 aliphatic carbocycles. The minimum Gasteiger partial charge on any atom is -0.497 e. The highest BCUT2D eigenvalue weighted by molar-refractivity contribution is 5.94. The molecule has 0 aliphatic heterocycles. The van der Waals surface area contributed by atoms with Crippen molar-refractivity contribution in [3.8, 4) is 11.5 Å². The van der Waals surface area contributed by atoms with Crippen molar-refractivity contribution < 1.29 is 19.1 Å². The second-order valence-electron chi connectivity index (χ2n) is 4.85. The second-order valence-corrected chi connectivity index (χ2v) is 4.85. The Balaban J connectivity index is 2.12. The largest absolute Gasteiger partial charge is 0.497 e. The molecule has 0 saturated heterocycles. The van der Waals surface area contributed by atoms with Crippen LogP contribution in [-0.2, 0) is 11.3 Å². The lowest BCUT2D eigenvalue weighted by Gasteiger charge is -2.11. The number of aromatic nitrogens is 3. The number of nitrogens with one attached hydrogen (secondary N) is 1. The zero-order valence-electron chi connectivity index (χ0n) is 13.4. The molecular weight excluding hydrogens is 300 g/mol. The topological polar surface area (TPSA) is 95.3 Å². The molecule has 122 valence electrons. The van der Waals surface area contributed by atoms with Crippen molar-refractivity contribution in [1.82, 2.24) is 15.0 Å². The van der Waals surface area contributed by atoms with Crippen LogP contribution in [0.4, 0.5) is 5.69 Å². The summed E-state index contributed by atoms with van der Waals surface area (Å²) in [6.45, 7) is 3.04. The summed E-state index contributed by atoms with van der Waals surface area (Å²) in [6.07, 6.45) is 0. The Bertz CT molecular complexity index is 739. The molecule has 1 aromatic carbocycles. The average molecular weight is 318 g/mol. The third-order valence-corrected chi connectivity index (χ3v) is 3.29. The summed E-state index contributed by atoms with van der Waals surface area (Å²) >= 11 is 0. The van der Waals surface area contributed by atoms with Crippen molar-refractivity contribution in [2.45, 2.75) is 20.4 Å². The van der Waals surface area contributed by atoms with Gasteiger partial charge in [0.25, 0.3) is 0 Å². The number of methoxy groups -OCH3 is 2. The van der Waals surface area contributed by atoms with Gasteiger partial charge in [-0.3, -0.25) is 9.59 Å². The van der Waals surface area contributed by atoms with Gasteiger partial charge >= 0.3 is 0 Å². The van der Waals surface area contributed by atoms with Gasteiger partial charge in [0.1, 0.15) is 18.0 Å². The quantitative estimate of drug-likeness (QED) is 0.810. The van der Waals surface area contributed by atoms with Gasteiger partial charge in [-0.15, -0.1) is 5.10 Å². The first kappa shape index (κ1) is 16.5. The van der Waals surface area contributed by atoms with Gasteiger partial charge in [-0.2, -0.15) is 0 Å². The van der Waals surface area contributed by atoms with E-state index in [9.17, 15) is 9.59 Å². The molecule has 0 unspecified atom stereocenters. The molecule has 1 heterocycles. The predicted molar refractivity (Wildman–Crippen MR) is 82.9 cm³/mol. The summed E-state index contributed by atoms with van der Waals surface area (Å²) in [5.41, 5.74) is 1.33. The number of rotatable bonds is 6. The van der Waals surface area contributed by atoms with Crippen molar-refractivity contribution in [3.05, 3.63) is 29.6 Å². The van der Waals surface area contributed by atoms with Crippen LogP contribution in [0.1, 0.15) is 23.1 Å². The number of hydrogen-bond donors (Lipinski definition) is 1.